The molecule has 0 heteroatoms. The van der Waals surface area contributed by atoms with Crippen LogP contribution in [-0.4, -0.2) is 0 Å². The molecule has 0 nitrogen and oxygen atoms in total. The summed E-state index contributed by atoms with van der Waals surface area (Å²) in [5, 5.41) is 0. The van der Waals surface area contributed by atoms with Gasteiger partial charge in [0, 0.05) is 0 Å². The molecule has 0 aliphatic rings. The van der Waals surface area contributed by atoms with E-state index in [4.69, 9.17) is 0 Å². The minimum Gasteiger partial charge on any atom is -0.0614 e. The van der Waals surface area contributed by atoms with Crippen molar-refractivity contribution in [2.24, 2.45) is 0 Å². The molecular weight excluding hydrogens is 168 g/mol. The van der Waals surface area contributed by atoms with Crippen LogP contribution in [0.25, 0.3) is 0 Å². The molecule has 0 amide bonds. The average molecular weight is 181 g/mol. The van der Waals surface area contributed by atoms with Gasteiger partial charge >= 0.3 is 0 Å². The maximum Gasteiger partial charge on any atom is -0.00256 e. The Morgan fingerprint density at radius 1 is 1.00 bits per heavy atom. The lowest BCUT2D eigenvalue weighted by Crippen LogP contribution is -1.87. The Morgan fingerprint density at radius 2 is 1.79 bits per heavy atom. The molecule has 0 saturated heterocycles. The van der Waals surface area contributed by atoms with Crippen LogP contribution in [0.1, 0.15) is 16.7 Å². The van der Waals surface area contributed by atoms with E-state index < -0.39 is 0 Å². The largest absolute Gasteiger partial charge is 0.0614 e. The van der Waals surface area contributed by atoms with Crippen molar-refractivity contribution in [3.05, 3.63) is 71.3 Å². The van der Waals surface area contributed by atoms with E-state index in [0.717, 1.165) is 6.42 Å². The summed E-state index contributed by atoms with van der Waals surface area (Å²) in [6, 6.07) is 19.9. The third kappa shape index (κ3) is 2.23. The van der Waals surface area contributed by atoms with Gasteiger partial charge in [-0.05, 0) is 30.5 Å². The van der Waals surface area contributed by atoms with Gasteiger partial charge in [0.25, 0.3) is 0 Å². The molecule has 0 atom stereocenters. The van der Waals surface area contributed by atoms with Gasteiger partial charge in [0.15, 0.2) is 0 Å². The highest BCUT2D eigenvalue weighted by atomic mass is 14.0. The van der Waals surface area contributed by atoms with Crippen LogP contribution in [0.4, 0.5) is 0 Å². The second-order valence-corrected chi connectivity index (χ2v) is 3.57. The molecule has 0 bridgehead atoms. The standard InChI is InChI=1S/C14H13/c1-12-7-9-14(10-8-12)11-13-5-3-2-4-6-13/h2-3,5-10H,11H2,1H3. The predicted molar refractivity (Wildman–Crippen MR) is 59.3 cm³/mol. The average Bonchev–Trinajstić information content (AvgIpc) is 2.23. The fourth-order valence-electron chi connectivity index (χ4n) is 1.48. The van der Waals surface area contributed by atoms with Crippen molar-refractivity contribution in [2.45, 2.75) is 13.3 Å². The molecule has 0 heterocycles. The fraction of sp³-hybridized carbons (Fsp3) is 0.143. The summed E-state index contributed by atoms with van der Waals surface area (Å²) in [7, 11) is 0. The summed E-state index contributed by atoms with van der Waals surface area (Å²) in [6.07, 6.45) is 0.998. The van der Waals surface area contributed by atoms with Crippen LogP contribution in [0.15, 0.2) is 48.5 Å². The number of aryl methyl sites for hydroxylation is 1. The van der Waals surface area contributed by atoms with E-state index in [1.807, 2.05) is 18.2 Å². The van der Waals surface area contributed by atoms with Crippen LogP contribution in [-0.2, 0) is 6.42 Å². The van der Waals surface area contributed by atoms with E-state index in [0.29, 0.717) is 0 Å². The Labute approximate surface area is 85.2 Å². The molecule has 2 aromatic carbocycles. The molecule has 2 aromatic rings. The molecular formula is C14H13. The summed E-state index contributed by atoms with van der Waals surface area (Å²) in [6.45, 7) is 2.11. The molecule has 69 valence electrons. The normalized spacial score (nSPS) is 10.1. The van der Waals surface area contributed by atoms with Gasteiger partial charge in [-0.1, -0.05) is 54.1 Å². The molecule has 0 saturated carbocycles. The summed E-state index contributed by atoms with van der Waals surface area (Å²) in [5.74, 6) is 0. The van der Waals surface area contributed by atoms with Crippen LogP contribution in [0, 0.1) is 13.0 Å². The molecule has 0 unspecified atom stereocenters. The van der Waals surface area contributed by atoms with E-state index in [1.165, 1.54) is 16.7 Å². The van der Waals surface area contributed by atoms with Gasteiger partial charge in [0.2, 0.25) is 0 Å². The maximum atomic E-state index is 3.09. The van der Waals surface area contributed by atoms with Crippen molar-refractivity contribution in [3.63, 3.8) is 0 Å². The van der Waals surface area contributed by atoms with Gasteiger partial charge in [-0.25, -0.2) is 0 Å². The second-order valence-electron chi connectivity index (χ2n) is 3.57. The Kier molecular flexibility index (Phi) is 2.64. The number of hydrogen-bond donors (Lipinski definition) is 0. The topological polar surface area (TPSA) is 0 Å². The van der Waals surface area contributed by atoms with Gasteiger partial charge in [-0.3, -0.25) is 0 Å². The summed E-state index contributed by atoms with van der Waals surface area (Å²) in [4.78, 5) is 0. The van der Waals surface area contributed by atoms with E-state index in [9.17, 15) is 0 Å². The Morgan fingerprint density at radius 3 is 2.43 bits per heavy atom. The second kappa shape index (κ2) is 4.10. The maximum absolute atomic E-state index is 3.09. The van der Waals surface area contributed by atoms with Crippen molar-refractivity contribution in [3.8, 4) is 0 Å². The predicted octanol–water partition coefficient (Wildman–Crippen LogP) is 3.39. The molecule has 2 rings (SSSR count). The fourth-order valence-corrected chi connectivity index (χ4v) is 1.48. The van der Waals surface area contributed by atoms with Crippen LogP contribution < -0.4 is 0 Å². The number of rotatable bonds is 2. The molecule has 0 fully saturated rings. The zero-order valence-corrected chi connectivity index (χ0v) is 8.33. The molecule has 14 heavy (non-hydrogen) atoms. The van der Waals surface area contributed by atoms with Gasteiger partial charge in [-0.2, -0.15) is 0 Å². The number of benzene rings is 2. The first kappa shape index (κ1) is 9.01. The SMILES string of the molecule is Cc1ccc(Cc2c[c]ccc2)cc1. The highest BCUT2D eigenvalue weighted by Gasteiger charge is 1.94. The van der Waals surface area contributed by atoms with Gasteiger partial charge in [-0.15, -0.1) is 0 Å². The summed E-state index contributed by atoms with van der Waals surface area (Å²) in [5.41, 5.74) is 3.99. The van der Waals surface area contributed by atoms with Crippen molar-refractivity contribution < 1.29 is 0 Å². The van der Waals surface area contributed by atoms with E-state index >= 15 is 0 Å². The van der Waals surface area contributed by atoms with Crippen LogP contribution in [0.2, 0.25) is 0 Å². The van der Waals surface area contributed by atoms with E-state index in [-0.39, 0.29) is 0 Å². The first-order chi connectivity index (χ1) is 6.84. The summed E-state index contributed by atoms with van der Waals surface area (Å²) < 4.78 is 0. The molecule has 0 aromatic heterocycles. The zero-order valence-electron chi connectivity index (χ0n) is 8.33. The third-order valence-corrected chi connectivity index (χ3v) is 2.30. The van der Waals surface area contributed by atoms with Crippen molar-refractivity contribution in [1.29, 1.82) is 0 Å². The number of hydrogen-bond acceptors (Lipinski definition) is 0. The molecule has 0 spiro atoms. The van der Waals surface area contributed by atoms with Crippen LogP contribution in [0.3, 0.4) is 0 Å². The third-order valence-electron chi connectivity index (χ3n) is 2.30. The molecule has 0 N–H and O–H groups in total. The Bertz CT molecular complexity index is 384. The summed E-state index contributed by atoms with van der Waals surface area (Å²) >= 11 is 0. The quantitative estimate of drug-likeness (QED) is 0.666. The van der Waals surface area contributed by atoms with Crippen LogP contribution in [0.5, 0.6) is 0 Å². The van der Waals surface area contributed by atoms with Crippen molar-refractivity contribution >= 4 is 0 Å². The van der Waals surface area contributed by atoms with Crippen molar-refractivity contribution in [2.75, 3.05) is 0 Å². The minimum atomic E-state index is 0.998. The monoisotopic (exact) mass is 181 g/mol. The Balaban J connectivity index is 2.16. The lowest BCUT2D eigenvalue weighted by atomic mass is 10.0. The van der Waals surface area contributed by atoms with Crippen LogP contribution >= 0.6 is 0 Å². The Hall–Kier alpha value is -1.56. The van der Waals surface area contributed by atoms with Crippen molar-refractivity contribution in [1.82, 2.24) is 0 Å². The van der Waals surface area contributed by atoms with Gasteiger partial charge < -0.3 is 0 Å². The van der Waals surface area contributed by atoms with E-state index in [2.05, 4.69) is 43.3 Å². The lowest BCUT2D eigenvalue weighted by Gasteiger charge is -2.01. The highest BCUT2D eigenvalue weighted by Crippen LogP contribution is 2.09. The first-order valence-corrected chi connectivity index (χ1v) is 4.85. The van der Waals surface area contributed by atoms with E-state index in [1.54, 1.807) is 0 Å². The van der Waals surface area contributed by atoms with Gasteiger partial charge in [0.05, 0.1) is 0 Å². The molecule has 0 aliphatic carbocycles. The lowest BCUT2D eigenvalue weighted by molar-refractivity contribution is 1.19. The minimum absolute atomic E-state index is 0.998. The van der Waals surface area contributed by atoms with Gasteiger partial charge in [0.1, 0.15) is 0 Å². The molecule has 0 aliphatic heterocycles. The smallest absolute Gasteiger partial charge is 0.00256 e. The highest BCUT2D eigenvalue weighted by molar-refractivity contribution is 5.27. The molecule has 1 radical (unpaired) electrons. The zero-order chi connectivity index (χ0) is 9.80. The first-order valence-electron chi connectivity index (χ1n) is 4.85.